The Kier molecular flexibility index (Phi) is 5.58. The molecule has 1 aromatic rings. The number of sulfonamides is 1. The molecule has 100 valence electrons. The summed E-state index contributed by atoms with van der Waals surface area (Å²) in [5.74, 6) is -0.127. The molecule has 0 saturated carbocycles. The predicted molar refractivity (Wildman–Crippen MR) is 71.3 cm³/mol. The van der Waals surface area contributed by atoms with Crippen LogP contribution in [0.5, 0.6) is 0 Å². The number of carbonyl (C=O) groups excluding carboxylic acids is 1. The van der Waals surface area contributed by atoms with Crippen molar-refractivity contribution < 1.29 is 13.2 Å². The van der Waals surface area contributed by atoms with Crippen molar-refractivity contribution >= 4 is 33.2 Å². The second-order valence-corrected chi connectivity index (χ2v) is 5.60. The van der Waals surface area contributed by atoms with Crippen molar-refractivity contribution in [2.75, 3.05) is 17.7 Å². The van der Waals surface area contributed by atoms with Crippen molar-refractivity contribution in [2.24, 2.45) is 0 Å². The lowest BCUT2D eigenvalue weighted by atomic mass is 10.3. The van der Waals surface area contributed by atoms with Crippen LogP contribution >= 0.6 is 11.6 Å². The minimum atomic E-state index is -3.60. The Hall–Kier alpha value is -1.11. The maximum absolute atomic E-state index is 11.9. The third-order valence-corrected chi connectivity index (χ3v) is 3.90. The number of benzene rings is 1. The first-order valence-electron chi connectivity index (χ1n) is 5.45. The summed E-state index contributed by atoms with van der Waals surface area (Å²) in [6.45, 7) is 1.97. The van der Waals surface area contributed by atoms with Crippen LogP contribution in [0.2, 0.25) is 0 Å². The van der Waals surface area contributed by atoms with Gasteiger partial charge in [0.05, 0.1) is 5.69 Å². The molecule has 0 atom stereocenters. The van der Waals surface area contributed by atoms with Crippen molar-refractivity contribution in [1.82, 2.24) is 4.72 Å². The Morgan fingerprint density at radius 1 is 1.33 bits per heavy atom. The number of nitrogens with one attached hydrogen (secondary N) is 2. The molecular weight excluding hydrogens is 276 g/mol. The van der Waals surface area contributed by atoms with E-state index in [0.717, 1.165) is 0 Å². The second-order valence-electron chi connectivity index (χ2n) is 3.48. The van der Waals surface area contributed by atoms with Crippen molar-refractivity contribution in [3.63, 3.8) is 0 Å². The molecule has 1 amide bonds. The molecule has 0 bridgehead atoms. The maximum atomic E-state index is 11.9. The topological polar surface area (TPSA) is 75.3 Å². The number of carbonyl (C=O) groups is 1. The van der Waals surface area contributed by atoms with E-state index in [1.807, 2.05) is 0 Å². The van der Waals surface area contributed by atoms with Gasteiger partial charge in [0.1, 0.15) is 4.90 Å². The van der Waals surface area contributed by atoms with Gasteiger partial charge < -0.3 is 5.32 Å². The fraction of sp³-hybridized carbons (Fsp3) is 0.364. The Labute approximate surface area is 112 Å². The molecule has 0 spiro atoms. The number of hydrogen-bond donors (Lipinski definition) is 2. The van der Waals surface area contributed by atoms with Crippen molar-refractivity contribution in [1.29, 1.82) is 0 Å². The number of hydrogen-bond acceptors (Lipinski definition) is 3. The van der Waals surface area contributed by atoms with Crippen LogP contribution in [0.3, 0.4) is 0 Å². The van der Waals surface area contributed by atoms with E-state index in [0.29, 0.717) is 0 Å². The van der Waals surface area contributed by atoms with Gasteiger partial charge in [0, 0.05) is 18.8 Å². The van der Waals surface area contributed by atoms with E-state index in [1.165, 1.54) is 12.1 Å². The summed E-state index contributed by atoms with van der Waals surface area (Å²) >= 11 is 5.45. The van der Waals surface area contributed by atoms with Gasteiger partial charge in [-0.2, -0.15) is 0 Å². The maximum Gasteiger partial charge on any atom is 0.242 e. The average Bonchev–Trinajstić information content (AvgIpc) is 2.29. The fourth-order valence-electron chi connectivity index (χ4n) is 1.37. The lowest BCUT2D eigenvalue weighted by Gasteiger charge is -2.11. The zero-order valence-corrected chi connectivity index (χ0v) is 11.5. The molecule has 0 saturated heterocycles. The molecule has 0 radical (unpaired) electrons. The number of halogens is 1. The first kappa shape index (κ1) is 14.9. The van der Waals surface area contributed by atoms with Gasteiger partial charge in [0.25, 0.3) is 0 Å². The van der Waals surface area contributed by atoms with Crippen molar-refractivity contribution in [3.05, 3.63) is 24.3 Å². The lowest BCUT2D eigenvalue weighted by Crippen LogP contribution is -2.25. The van der Waals surface area contributed by atoms with Gasteiger partial charge in [-0.15, -0.1) is 11.6 Å². The highest BCUT2D eigenvalue weighted by atomic mass is 35.5. The molecule has 0 heterocycles. The van der Waals surface area contributed by atoms with Gasteiger partial charge in [0.2, 0.25) is 15.9 Å². The molecule has 18 heavy (non-hydrogen) atoms. The number of amides is 1. The normalized spacial score (nSPS) is 11.2. The van der Waals surface area contributed by atoms with Gasteiger partial charge in [0.15, 0.2) is 0 Å². The van der Waals surface area contributed by atoms with Crippen LogP contribution < -0.4 is 10.0 Å². The SMILES string of the molecule is CCNS(=O)(=O)c1ccccc1NC(=O)CCCl. The lowest BCUT2D eigenvalue weighted by molar-refractivity contribution is -0.115. The van der Waals surface area contributed by atoms with E-state index in [2.05, 4.69) is 10.0 Å². The fourth-order valence-corrected chi connectivity index (χ4v) is 2.74. The molecule has 0 unspecified atom stereocenters. The Bertz CT molecular complexity index is 517. The average molecular weight is 291 g/mol. The van der Waals surface area contributed by atoms with E-state index in [4.69, 9.17) is 11.6 Å². The van der Waals surface area contributed by atoms with Gasteiger partial charge in [-0.05, 0) is 12.1 Å². The molecule has 0 aliphatic carbocycles. The first-order chi connectivity index (χ1) is 8.51. The minimum absolute atomic E-state index is 0.0507. The summed E-state index contributed by atoms with van der Waals surface area (Å²) in [5, 5.41) is 2.53. The molecule has 5 nitrogen and oxygen atoms in total. The summed E-state index contributed by atoms with van der Waals surface area (Å²) in [5.41, 5.74) is 0.258. The highest BCUT2D eigenvalue weighted by Gasteiger charge is 2.17. The van der Waals surface area contributed by atoms with Crippen LogP contribution in [0.1, 0.15) is 13.3 Å². The highest BCUT2D eigenvalue weighted by Crippen LogP contribution is 2.20. The van der Waals surface area contributed by atoms with E-state index in [-0.39, 0.29) is 35.3 Å². The zero-order valence-electron chi connectivity index (χ0n) is 9.94. The van der Waals surface area contributed by atoms with Gasteiger partial charge in [-0.1, -0.05) is 19.1 Å². The molecule has 0 aliphatic heterocycles. The van der Waals surface area contributed by atoms with E-state index in [1.54, 1.807) is 19.1 Å². The molecule has 0 fully saturated rings. The molecular formula is C11H15ClN2O3S. The first-order valence-corrected chi connectivity index (χ1v) is 7.47. The van der Waals surface area contributed by atoms with Crippen LogP contribution in [0, 0.1) is 0 Å². The molecule has 1 rings (SSSR count). The Morgan fingerprint density at radius 2 is 2.00 bits per heavy atom. The number of anilines is 1. The number of para-hydroxylation sites is 1. The zero-order chi connectivity index (χ0) is 13.6. The van der Waals surface area contributed by atoms with Gasteiger partial charge in [-0.3, -0.25) is 4.79 Å². The molecule has 0 aliphatic rings. The summed E-state index contributed by atoms with van der Waals surface area (Å²) in [4.78, 5) is 11.5. The Balaban J connectivity index is 3.03. The highest BCUT2D eigenvalue weighted by molar-refractivity contribution is 7.89. The largest absolute Gasteiger partial charge is 0.325 e. The smallest absolute Gasteiger partial charge is 0.242 e. The van der Waals surface area contributed by atoms with Crippen LogP contribution in [0.4, 0.5) is 5.69 Å². The van der Waals surface area contributed by atoms with Crippen LogP contribution in [0.25, 0.3) is 0 Å². The molecule has 1 aromatic carbocycles. The molecule has 2 N–H and O–H groups in total. The number of alkyl halides is 1. The third kappa shape index (κ3) is 3.97. The summed E-state index contributed by atoms with van der Waals surface area (Å²) in [7, 11) is -3.60. The van der Waals surface area contributed by atoms with Crippen molar-refractivity contribution in [2.45, 2.75) is 18.2 Å². The summed E-state index contributed by atoms with van der Waals surface area (Å²) < 4.78 is 26.2. The standard InChI is InChI=1S/C11H15ClN2O3S/c1-2-13-18(16,17)10-6-4-3-5-9(10)14-11(15)7-8-12/h3-6,13H,2,7-8H2,1H3,(H,14,15). The Morgan fingerprint density at radius 3 is 2.61 bits per heavy atom. The summed E-state index contributed by atoms with van der Waals surface area (Å²) in [6.07, 6.45) is 0.136. The second kappa shape index (κ2) is 6.72. The van der Waals surface area contributed by atoms with Crippen molar-refractivity contribution in [3.8, 4) is 0 Å². The third-order valence-electron chi connectivity index (χ3n) is 2.11. The predicted octanol–water partition coefficient (Wildman–Crippen LogP) is 1.55. The monoisotopic (exact) mass is 290 g/mol. The minimum Gasteiger partial charge on any atom is -0.325 e. The van der Waals surface area contributed by atoms with Gasteiger partial charge >= 0.3 is 0 Å². The quantitative estimate of drug-likeness (QED) is 0.781. The van der Waals surface area contributed by atoms with Crippen LogP contribution in [0.15, 0.2) is 29.2 Å². The molecule has 7 heteroatoms. The summed E-state index contributed by atoms with van der Waals surface area (Å²) in [6, 6.07) is 6.23. The van der Waals surface area contributed by atoms with E-state index < -0.39 is 10.0 Å². The van der Waals surface area contributed by atoms with E-state index >= 15 is 0 Å². The van der Waals surface area contributed by atoms with Gasteiger partial charge in [-0.25, -0.2) is 13.1 Å². The molecule has 0 aromatic heterocycles. The van der Waals surface area contributed by atoms with Crippen LogP contribution in [-0.4, -0.2) is 26.7 Å². The number of rotatable bonds is 6. The van der Waals surface area contributed by atoms with E-state index in [9.17, 15) is 13.2 Å². The van der Waals surface area contributed by atoms with Crippen LogP contribution in [-0.2, 0) is 14.8 Å².